The predicted molar refractivity (Wildman–Crippen MR) is 143 cm³/mol. The van der Waals surface area contributed by atoms with E-state index in [1.165, 1.54) is 0 Å². The van der Waals surface area contributed by atoms with Crippen molar-refractivity contribution in [2.45, 2.75) is 44.9 Å². The lowest BCUT2D eigenvalue weighted by Crippen LogP contribution is -2.66. The van der Waals surface area contributed by atoms with Crippen LogP contribution >= 0.6 is 0 Å². The summed E-state index contributed by atoms with van der Waals surface area (Å²) in [5.41, 5.74) is 9.18. The molecule has 3 fully saturated rings. The van der Waals surface area contributed by atoms with Gasteiger partial charge < -0.3 is 29.7 Å². The number of pyridine rings is 1. The van der Waals surface area contributed by atoms with Crippen LogP contribution < -0.4 is 15.4 Å². The Bertz CT molecular complexity index is 1200. The topological polar surface area (TPSA) is 117 Å². The van der Waals surface area contributed by atoms with Crippen LogP contribution in [0.15, 0.2) is 30.5 Å². The van der Waals surface area contributed by atoms with Gasteiger partial charge in [0.2, 0.25) is 0 Å². The highest BCUT2D eigenvalue weighted by molar-refractivity contribution is 5.69. The van der Waals surface area contributed by atoms with Crippen molar-refractivity contribution in [1.82, 2.24) is 14.8 Å². The molecule has 0 saturated carbocycles. The van der Waals surface area contributed by atoms with Crippen LogP contribution in [0.5, 0.6) is 5.75 Å². The van der Waals surface area contributed by atoms with Gasteiger partial charge in [-0.15, -0.1) is 0 Å². The molecule has 0 spiro atoms. The number of morpholine rings is 1. The van der Waals surface area contributed by atoms with E-state index in [4.69, 9.17) is 19.9 Å². The number of anilines is 2. The molecule has 3 aliphatic rings. The monoisotopic (exact) mass is 520 g/mol. The molecule has 1 aromatic heterocycles. The Hall–Kier alpha value is -3.55. The summed E-state index contributed by atoms with van der Waals surface area (Å²) < 4.78 is 17.0. The highest BCUT2D eigenvalue weighted by Crippen LogP contribution is 2.34. The molecule has 0 atom stereocenters. The van der Waals surface area contributed by atoms with Gasteiger partial charge in [0, 0.05) is 63.1 Å². The second-order valence-corrected chi connectivity index (χ2v) is 11.1. The molecule has 10 nitrogen and oxygen atoms in total. The summed E-state index contributed by atoms with van der Waals surface area (Å²) in [4.78, 5) is 22.8. The number of amides is 1. The molecule has 202 valence electrons. The molecule has 0 radical (unpaired) electrons. The number of carbonyl (C=O) groups excluding carboxylic acids is 1. The lowest BCUT2D eigenvalue weighted by atomic mass is 9.87. The maximum atomic E-state index is 12.2. The van der Waals surface area contributed by atoms with Gasteiger partial charge in [-0.3, -0.25) is 4.90 Å². The second-order valence-electron chi connectivity index (χ2n) is 11.1. The molecular formula is C28H36N6O4. The van der Waals surface area contributed by atoms with Gasteiger partial charge in [-0.2, -0.15) is 5.26 Å². The Morgan fingerprint density at radius 3 is 2.61 bits per heavy atom. The summed E-state index contributed by atoms with van der Waals surface area (Å²) in [6, 6.07) is 10.5. The van der Waals surface area contributed by atoms with E-state index < -0.39 is 5.60 Å². The van der Waals surface area contributed by atoms with E-state index in [1.807, 2.05) is 45.0 Å². The molecule has 1 aromatic carbocycles. The number of ether oxygens (including phenoxy) is 3. The maximum absolute atomic E-state index is 12.2. The molecule has 2 aromatic rings. The molecule has 0 aliphatic carbocycles. The Morgan fingerprint density at radius 2 is 1.92 bits per heavy atom. The Kier molecular flexibility index (Phi) is 7.32. The smallest absolute Gasteiger partial charge is 0.410 e. The van der Waals surface area contributed by atoms with Crippen LogP contribution in [0.4, 0.5) is 16.3 Å². The maximum Gasteiger partial charge on any atom is 0.410 e. The average molecular weight is 521 g/mol. The molecule has 1 amide bonds. The summed E-state index contributed by atoms with van der Waals surface area (Å²) in [5, 5.41) is 9.83. The number of likely N-dealkylation sites (tertiary alicyclic amines) is 2. The van der Waals surface area contributed by atoms with Crippen molar-refractivity contribution in [1.29, 1.82) is 5.26 Å². The third-order valence-corrected chi connectivity index (χ3v) is 7.32. The molecule has 2 N–H and O–H groups in total. The summed E-state index contributed by atoms with van der Waals surface area (Å²) in [6.07, 6.45) is 1.46. The van der Waals surface area contributed by atoms with E-state index in [0.717, 1.165) is 43.0 Å². The summed E-state index contributed by atoms with van der Waals surface area (Å²) in [6.45, 7) is 12.0. The van der Waals surface area contributed by atoms with E-state index >= 15 is 0 Å². The fourth-order valence-corrected chi connectivity index (χ4v) is 5.09. The summed E-state index contributed by atoms with van der Waals surface area (Å²) in [5.74, 6) is 1.32. The van der Waals surface area contributed by atoms with Gasteiger partial charge in [-0.1, -0.05) is 6.07 Å². The number of aromatic nitrogens is 1. The van der Waals surface area contributed by atoms with Crippen molar-refractivity contribution in [2.75, 3.05) is 63.1 Å². The van der Waals surface area contributed by atoms with Crippen LogP contribution in [-0.4, -0.2) is 85.0 Å². The minimum absolute atomic E-state index is 0.230. The van der Waals surface area contributed by atoms with Gasteiger partial charge in [-0.05, 0) is 44.5 Å². The van der Waals surface area contributed by atoms with Crippen LogP contribution in [0, 0.1) is 11.3 Å². The van der Waals surface area contributed by atoms with Gasteiger partial charge in [0.05, 0.1) is 24.3 Å². The fourth-order valence-electron chi connectivity index (χ4n) is 5.09. The van der Waals surface area contributed by atoms with Crippen molar-refractivity contribution < 1.29 is 19.0 Å². The van der Waals surface area contributed by atoms with Crippen LogP contribution in [-0.2, 0) is 16.1 Å². The van der Waals surface area contributed by atoms with E-state index in [0.29, 0.717) is 55.4 Å². The molecule has 0 bridgehead atoms. The minimum Gasteiger partial charge on any atom is -0.487 e. The largest absolute Gasteiger partial charge is 0.487 e. The van der Waals surface area contributed by atoms with Crippen molar-refractivity contribution >= 4 is 17.6 Å². The molecule has 0 unspecified atom stereocenters. The van der Waals surface area contributed by atoms with E-state index in [2.05, 4.69) is 20.9 Å². The number of nitrogens with two attached hydrogens (primary N) is 1. The number of hydrogen-bond donors (Lipinski definition) is 1. The predicted octanol–water partition coefficient (Wildman–Crippen LogP) is 2.97. The summed E-state index contributed by atoms with van der Waals surface area (Å²) >= 11 is 0. The normalized spacial score (nSPS) is 18.9. The lowest BCUT2D eigenvalue weighted by Gasteiger charge is -2.51. The van der Waals surface area contributed by atoms with Crippen molar-refractivity contribution in [3.63, 3.8) is 0 Å². The van der Waals surface area contributed by atoms with E-state index in [9.17, 15) is 10.1 Å². The van der Waals surface area contributed by atoms with Crippen LogP contribution in [0.3, 0.4) is 0 Å². The number of nitriles is 1. The first-order valence-corrected chi connectivity index (χ1v) is 13.2. The number of rotatable bonds is 6. The Morgan fingerprint density at radius 1 is 1.18 bits per heavy atom. The standard InChI is InChI=1S/C28H36N6O4/c1-28(2,3)38-27(35)34-16-22(17-34)33-14-21(15-33)19-4-5-25(20(12-19)13-29)37-18-23-24(6-7-31-26(23)30)32-8-10-36-11-9-32/h4-7,12,21-22H,8-11,14-18H2,1-3H3,(H2,30,31). The first kappa shape index (κ1) is 26.1. The fraction of sp³-hybridized carbons (Fsp3) is 0.536. The number of nitrogen functional groups attached to an aromatic ring is 1. The molecule has 10 heteroatoms. The van der Waals surface area contributed by atoms with Crippen LogP contribution in [0.1, 0.15) is 43.4 Å². The number of nitrogens with zero attached hydrogens (tertiary/aromatic N) is 5. The van der Waals surface area contributed by atoms with Gasteiger partial charge in [-0.25, -0.2) is 9.78 Å². The van der Waals surface area contributed by atoms with Crippen molar-refractivity contribution in [3.8, 4) is 11.8 Å². The third-order valence-electron chi connectivity index (χ3n) is 7.32. The second kappa shape index (κ2) is 10.7. The summed E-state index contributed by atoms with van der Waals surface area (Å²) in [7, 11) is 0. The lowest BCUT2D eigenvalue weighted by molar-refractivity contribution is -0.0338. The molecule has 5 rings (SSSR count). The highest BCUT2D eigenvalue weighted by atomic mass is 16.6. The third kappa shape index (κ3) is 5.64. The van der Waals surface area contributed by atoms with Crippen LogP contribution in [0.25, 0.3) is 0 Å². The van der Waals surface area contributed by atoms with Gasteiger partial charge in [0.1, 0.15) is 29.8 Å². The van der Waals surface area contributed by atoms with Gasteiger partial charge in [0.15, 0.2) is 0 Å². The molecule has 3 saturated heterocycles. The Labute approximate surface area is 223 Å². The molecule has 4 heterocycles. The van der Waals surface area contributed by atoms with E-state index in [1.54, 1.807) is 11.1 Å². The SMILES string of the molecule is CC(C)(C)OC(=O)N1CC(N2CC(c3ccc(OCc4c(N5CCOCC5)ccnc4N)c(C#N)c3)C2)C1. The Balaban J connectivity index is 1.16. The molecular weight excluding hydrogens is 484 g/mol. The number of benzene rings is 1. The van der Waals surface area contributed by atoms with Crippen molar-refractivity contribution in [2.24, 2.45) is 0 Å². The molecule has 38 heavy (non-hydrogen) atoms. The quantitative estimate of drug-likeness (QED) is 0.613. The number of hydrogen-bond acceptors (Lipinski definition) is 9. The van der Waals surface area contributed by atoms with Gasteiger partial charge in [0.25, 0.3) is 0 Å². The zero-order valence-electron chi connectivity index (χ0n) is 22.4. The first-order chi connectivity index (χ1) is 18.2. The van der Waals surface area contributed by atoms with Gasteiger partial charge >= 0.3 is 6.09 Å². The zero-order chi connectivity index (χ0) is 26.9. The minimum atomic E-state index is -0.478. The number of carbonyl (C=O) groups is 1. The molecule has 3 aliphatic heterocycles. The van der Waals surface area contributed by atoms with Crippen LogP contribution in [0.2, 0.25) is 0 Å². The average Bonchev–Trinajstić information content (AvgIpc) is 2.83. The first-order valence-electron chi connectivity index (χ1n) is 13.2. The highest BCUT2D eigenvalue weighted by Gasteiger charge is 2.42. The zero-order valence-corrected chi connectivity index (χ0v) is 22.4. The van der Waals surface area contributed by atoms with E-state index in [-0.39, 0.29) is 12.7 Å². The van der Waals surface area contributed by atoms with Crippen molar-refractivity contribution in [3.05, 3.63) is 47.2 Å².